The van der Waals surface area contributed by atoms with Gasteiger partial charge in [0.25, 0.3) is 0 Å². The lowest BCUT2D eigenvalue weighted by Crippen LogP contribution is -2.62. The number of rotatable bonds is 1. The van der Waals surface area contributed by atoms with Gasteiger partial charge in [-0.15, -0.1) is 0 Å². The second kappa shape index (κ2) is 5.67. The maximum atomic E-state index is 11.3. The summed E-state index contributed by atoms with van der Waals surface area (Å²) in [5.74, 6) is 1.39. The third-order valence-corrected chi connectivity index (χ3v) is 9.56. The van der Waals surface area contributed by atoms with Crippen molar-refractivity contribution in [2.24, 2.45) is 34.5 Å². The fraction of sp³-hybridized carbons (Fsp3) is 1.00. The molecule has 4 nitrogen and oxygen atoms in total. The van der Waals surface area contributed by atoms with Crippen molar-refractivity contribution in [3.05, 3.63) is 0 Å². The van der Waals surface area contributed by atoms with Crippen molar-refractivity contribution in [1.29, 1.82) is 0 Å². The smallest absolute Gasteiger partial charge is 0.0958 e. The second-order valence-corrected chi connectivity index (χ2v) is 10.3. The van der Waals surface area contributed by atoms with Crippen LogP contribution in [-0.4, -0.2) is 44.3 Å². The van der Waals surface area contributed by atoms with E-state index in [1.807, 2.05) is 0 Å². The van der Waals surface area contributed by atoms with E-state index < -0.39 is 11.7 Å². The summed E-state index contributed by atoms with van der Waals surface area (Å²) >= 11 is 0. The zero-order chi connectivity index (χ0) is 18.2. The zero-order valence-electron chi connectivity index (χ0n) is 16.0. The minimum Gasteiger partial charge on any atom is -0.393 e. The molecular formula is C21H36O4. The number of hydrogen-bond donors (Lipinski definition) is 4. The topological polar surface area (TPSA) is 80.9 Å². The van der Waals surface area contributed by atoms with Crippen LogP contribution in [0.3, 0.4) is 0 Å². The fourth-order valence-corrected chi connectivity index (χ4v) is 7.94. The summed E-state index contributed by atoms with van der Waals surface area (Å²) < 4.78 is 0. The number of aliphatic hydroxyl groups is 4. The monoisotopic (exact) mass is 352 g/mol. The molecule has 0 bridgehead atoms. The molecule has 0 saturated heterocycles. The highest BCUT2D eigenvalue weighted by Gasteiger charge is 2.67. The van der Waals surface area contributed by atoms with E-state index >= 15 is 0 Å². The Morgan fingerprint density at radius 1 is 0.920 bits per heavy atom. The minimum absolute atomic E-state index is 0.204. The van der Waals surface area contributed by atoms with Crippen LogP contribution in [0.5, 0.6) is 0 Å². The number of hydrogen-bond acceptors (Lipinski definition) is 4. The van der Waals surface area contributed by atoms with Crippen molar-refractivity contribution in [3.8, 4) is 0 Å². The lowest BCUT2D eigenvalue weighted by atomic mass is 9.43. The van der Waals surface area contributed by atoms with Gasteiger partial charge in [-0.2, -0.15) is 0 Å². The number of aliphatic hydroxyl groups excluding tert-OH is 3. The second-order valence-electron chi connectivity index (χ2n) is 10.3. The van der Waals surface area contributed by atoms with E-state index in [4.69, 9.17) is 0 Å². The third kappa shape index (κ3) is 2.27. The quantitative estimate of drug-likeness (QED) is 0.584. The first-order chi connectivity index (χ1) is 11.6. The SMILES string of the molecule is CC(O)[C@@]1(O)CC[C@H]2[C@@H]3[C@H](O)C[C@H]4C[C@@H](O)CC[C@]4(C)[C@H]3CC[C@@]21C. The summed E-state index contributed by atoms with van der Waals surface area (Å²) in [4.78, 5) is 0. The molecule has 0 amide bonds. The van der Waals surface area contributed by atoms with Crippen molar-refractivity contribution in [2.45, 2.75) is 96.1 Å². The van der Waals surface area contributed by atoms with Crippen LogP contribution in [-0.2, 0) is 0 Å². The van der Waals surface area contributed by atoms with Crippen LogP contribution in [0.1, 0.15) is 72.1 Å². The van der Waals surface area contributed by atoms with Gasteiger partial charge in [0.1, 0.15) is 0 Å². The van der Waals surface area contributed by atoms with Gasteiger partial charge in [-0.25, -0.2) is 0 Å². The van der Waals surface area contributed by atoms with Crippen LogP contribution in [0.2, 0.25) is 0 Å². The predicted octanol–water partition coefficient (Wildman–Crippen LogP) is 2.47. The molecule has 4 aliphatic rings. The van der Waals surface area contributed by atoms with Gasteiger partial charge in [0.15, 0.2) is 0 Å². The lowest BCUT2D eigenvalue weighted by Gasteiger charge is -2.63. The van der Waals surface area contributed by atoms with Crippen LogP contribution in [0, 0.1) is 34.5 Å². The molecule has 4 aliphatic carbocycles. The minimum atomic E-state index is -1.02. The summed E-state index contributed by atoms with van der Waals surface area (Å²) in [6.07, 6.45) is 5.77. The van der Waals surface area contributed by atoms with Gasteiger partial charge >= 0.3 is 0 Å². The van der Waals surface area contributed by atoms with Crippen LogP contribution >= 0.6 is 0 Å². The Balaban J connectivity index is 1.68. The number of fused-ring (bicyclic) bond motifs is 5. The van der Waals surface area contributed by atoms with Crippen molar-refractivity contribution < 1.29 is 20.4 Å². The molecule has 0 aromatic heterocycles. The van der Waals surface area contributed by atoms with E-state index in [9.17, 15) is 20.4 Å². The van der Waals surface area contributed by atoms with Crippen LogP contribution in [0.4, 0.5) is 0 Å². The normalized spacial score (nSPS) is 59.6. The van der Waals surface area contributed by atoms with Crippen molar-refractivity contribution in [3.63, 3.8) is 0 Å². The predicted molar refractivity (Wildman–Crippen MR) is 95.8 cm³/mol. The molecule has 0 radical (unpaired) electrons. The van der Waals surface area contributed by atoms with Gasteiger partial charge in [-0.05, 0) is 87.4 Å². The first-order valence-electron chi connectivity index (χ1n) is 10.4. The molecule has 0 aromatic rings. The van der Waals surface area contributed by atoms with Gasteiger partial charge < -0.3 is 20.4 Å². The van der Waals surface area contributed by atoms with Gasteiger partial charge in [-0.1, -0.05) is 13.8 Å². The Morgan fingerprint density at radius 2 is 1.60 bits per heavy atom. The molecule has 4 rings (SSSR count). The largest absolute Gasteiger partial charge is 0.393 e. The highest BCUT2D eigenvalue weighted by Crippen LogP contribution is 2.68. The standard InChI is InChI=1S/C21H36O4/c1-12(22)21(25)9-6-16-18-15(5-8-20(16,21)3)19(2)7-4-14(23)10-13(19)11-17(18)24/h12-18,22-25H,4-11H2,1-3H3/t12?,13-,14+,15+,16+,17-,18-,19+,20+,21+/m1/s1. The Hall–Kier alpha value is -0.160. The van der Waals surface area contributed by atoms with E-state index in [1.165, 1.54) is 0 Å². The third-order valence-electron chi connectivity index (χ3n) is 9.56. The molecule has 10 atom stereocenters. The molecule has 0 spiro atoms. The summed E-state index contributed by atoms with van der Waals surface area (Å²) in [5, 5.41) is 42.8. The molecule has 4 N–H and O–H groups in total. The maximum absolute atomic E-state index is 11.3. The molecule has 1 unspecified atom stereocenters. The van der Waals surface area contributed by atoms with Gasteiger partial charge in [-0.3, -0.25) is 0 Å². The van der Waals surface area contributed by atoms with E-state index in [1.54, 1.807) is 6.92 Å². The molecule has 144 valence electrons. The highest BCUT2D eigenvalue weighted by atomic mass is 16.3. The lowest BCUT2D eigenvalue weighted by molar-refractivity contribution is -0.208. The van der Waals surface area contributed by atoms with Crippen LogP contribution in [0.15, 0.2) is 0 Å². The summed E-state index contributed by atoms with van der Waals surface area (Å²) in [6.45, 7) is 6.27. The van der Waals surface area contributed by atoms with Gasteiger partial charge in [0, 0.05) is 5.41 Å². The molecule has 0 aromatic carbocycles. The van der Waals surface area contributed by atoms with Gasteiger partial charge in [0.05, 0.1) is 23.9 Å². The van der Waals surface area contributed by atoms with Crippen LogP contribution in [0.25, 0.3) is 0 Å². The molecule has 0 heterocycles. The van der Waals surface area contributed by atoms with E-state index in [-0.39, 0.29) is 34.9 Å². The Kier molecular flexibility index (Phi) is 4.13. The van der Waals surface area contributed by atoms with Crippen molar-refractivity contribution in [1.82, 2.24) is 0 Å². The summed E-state index contributed by atoms with van der Waals surface area (Å²) in [6, 6.07) is 0. The van der Waals surface area contributed by atoms with E-state index in [0.29, 0.717) is 18.3 Å². The molecule has 4 saturated carbocycles. The average Bonchev–Trinajstić information content (AvgIpc) is 2.82. The molecule has 4 fully saturated rings. The highest BCUT2D eigenvalue weighted by molar-refractivity contribution is 5.16. The van der Waals surface area contributed by atoms with Crippen molar-refractivity contribution in [2.75, 3.05) is 0 Å². The summed E-state index contributed by atoms with van der Waals surface area (Å²) in [5.41, 5.74) is -1.13. The average molecular weight is 353 g/mol. The molecular weight excluding hydrogens is 316 g/mol. The zero-order valence-corrected chi connectivity index (χ0v) is 16.0. The first-order valence-corrected chi connectivity index (χ1v) is 10.4. The van der Waals surface area contributed by atoms with Gasteiger partial charge in [0.2, 0.25) is 0 Å². The Bertz CT molecular complexity index is 536. The maximum Gasteiger partial charge on any atom is 0.0958 e. The molecule has 4 heteroatoms. The molecule has 25 heavy (non-hydrogen) atoms. The first kappa shape index (κ1) is 18.2. The van der Waals surface area contributed by atoms with E-state index in [0.717, 1.165) is 44.9 Å². The fourth-order valence-electron chi connectivity index (χ4n) is 7.94. The van der Waals surface area contributed by atoms with E-state index in [2.05, 4.69) is 13.8 Å². The van der Waals surface area contributed by atoms with Crippen molar-refractivity contribution >= 4 is 0 Å². The molecule has 0 aliphatic heterocycles. The summed E-state index contributed by atoms with van der Waals surface area (Å²) in [7, 11) is 0. The Morgan fingerprint density at radius 3 is 2.28 bits per heavy atom. The Labute approximate surface area is 151 Å². The van der Waals surface area contributed by atoms with Crippen LogP contribution < -0.4 is 0 Å².